The van der Waals surface area contributed by atoms with Gasteiger partial charge >= 0.3 is 12.1 Å². The molecule has 24 heavy (non-hydrogen) atoms. The van der Waals surface area contributed by atoms with Crippen molar-refractivity contribution in [3.8, 4) is 0 Å². The third kappa shape index (κ3) is 4.39. The second-order valence-corrected chi connectivity index (χ2v) is 7.32. The molecular weight excluding hydrogens is 312 g/mol. The van der Waals surface area contributed by atoms with Crippen molar-refractivity contribution in [2.45, 2.75) is 58.6 Å². The number of rotatable bonds is 3. The second kappa shape index (κ2) is 7.40. The largest absolute Gasteiger partial charge is 0.465 e. The Morgan fingerprint density at radius 3 is 2.29 bits per heavy atom. The summed E-state index contributed by atoms with van der Waals surface area (Å²) in [4.78, 5) is 39.8. The molecule has 0 saturated carbocycles. The fourth-order valence-electron chi connectivity index (χ4n) is 3.21. The van der Waals surface area contributed by atoms with Crippen molar-refractivity contribution in [3.05, 3.63) is 0 Å². The standard InChI is InChI=1S/C17H28N2O5/c1-5-23-15(21)13-8-11-19(14(13)20)12-6-9-18(10-7-12)16(22)24-17(2,3)4/h12-13H,5-11H2,1-4H3. The van der Waals surface area contributed by atoms with Gasteiger partial charge in [0.05, 0.1) is 6.61 Å². The average molecular weight is 340 g/mol. The Kier molecular flexibility index (Phi) is 5.72. The number of esters is 1. The Balaban J connectivity index is 1.86. The van der Waals surface area contributed by atoms with Crippen LogP contribution < -0.4 is 0 Å². The molecule has 7 heteroatoms. The van der Waals surface area contributed by atoms with Gasteiger partial charge in [0.15, 0.2) is 0 Å². The first-order chi connectivity index (χ1) is 11.2. The average Bonchev–Trinajstić information content (AvgIpc) is 2.87. The van der Waals surface area contributed by atoms with Crippen LogP contribution in [0.4, 0.5) is 4.79 Å². The molecule has 2 amide bonds. The van der Waals surface area contributed by atoms with Gasteiger partial charge in [-0.2, -0.15) is 0 Å². The lowest BCUT2D eigenvalue weighted by atomic mass is 10.0. The quantitative estimate of drug-likeness (QED) is 0.578. The van der Waals surface area contributed by atoms with E-state index in [1.54, 1.807) is 16.7 Å². The molecule has 1 atom stereocenters. The number of piperidine rings is 1. The van der Waals surface area contributed by atoms with Gasteiger partial charge in [-0.15, -0.1) is 0 Å². The molecule has 0 aromatic heterocycles. The maximum Gasteiger partial charge on any atom is 0.410 e. The third-order valence-electron chi connectivity index (χ3n) is 4.37. The van der Waals surface area contributed by atoms with Crippen LogP contribution in [-0.4, -0.2) is 65.7 Å². The van der Waals surface area contributed by atoms with Crippen LogP contribution in [0, 0.1) is 5.92 Å². The molecule has 0 bridgehead atoms. The molecule has 2 heterocycles. The predicted molar refractivity (Wildman–Crippen MR) is 87.3 cm³/mol. The minimum atomic E-state index is -0.658. The summed E-state index contributed by atoms with van der Waals surface area (Å²) in [5.41, 5.74) is -0.508. The number of hydrogen-bond acceptors (Lipinski definition) is 5. The molecule has 0 spiro atoms. The lowest BCUT2D eigenvalue weighted by molar-refractivity contribution is -0.153. The zero-order chi connectivity index (χ0) is 17.9. The maximum atomic E-state index is 12.4. The van der Waals surface area contributed by atoms with Crippen molar-refractivity contribution in [1.82, 2.24) is 9.80 Å². The van der Waals surface area contributed by atoms with Crippen LogP contribution in [0.5, 0.6) is 0 Å². The summed E-state index contributed by atoms with van der Waals surface area (Å²) in [6.45, 7) is 9.26. The lowest BCUT2D eigenvalue weighted by Gasteiger charge is -2.37. The fraction of sp³-hybridized carbons (Fsp3) is 0.824. The molecule has 7 nitrogen and oxygen atoms in total. The van der Waals surface area contributed by atoms with E-state index in [1.165, 1.54) is 0 Å². The molecule has 0 N–H and O–H groups in total. The van der Waals surface area contributed by atoms with E-state index < -0.39 is 17.5 Å². The van der Waals surface area contributed by atoms with Gasteiger partial charge in [-0.25, -0.2) is 4.79 Å². The third-order valence-corrected chi connectivity index (χ3v) is 4.37. The van der Waals surface area contributed by atoms with E-state index in [0.29, 0.717) is 38.9 Å². The molecule has 2 rings (SSSR count). The molecule has 2 aliphatic heterocycles. The van der Waals surface area contributed by atoms with Gasteiger partial charge < -0.3 is 19.3 Å². The van der Waals surface area contributed by atoms with Crippen LogP contribution >= 0.6 is 0 Å². The van der Waals surface area contributed by atoms with Crippen LogP contribution in [0.15, 0.2) is 0 Å². The van der Waals surface area contributed by atoms with Crippen molar-refractivity contribution < 1.29 is 23.9 Å². The normalized spacial score (nSPS) is 22.7. The first-order valence-electron chi connectivity index (χ1n) is 8.68. The monoisotopic (exact) mass is 340 g/mol. The zero-order valence-electron chi connectivity index (χ0n) is 15.0. The number of hydrogen-bond donors (Lipinski definition) is 0. The Morgan fingerprint density at radius 1 is 1.12 bits per heavy atom. The summed E-state index contributed by atoms with van der Waals surface area (Å²) in [5.74, 6) is -1.21. The summed E-state index contributed by atoms with van der Waals surface area (Å²) in [7, 11) is 0. The van der Waals surface area contributed by atoms with E-state index in [4.69, 9.17) is 9.47 Å². The van der Waals surface area contributed by atoms with Gasteiger partial charge in [0.2, 0.25) is 5.91 Å². The molecule has 2 aliphatic rings. The fourth-order valence-corrected chi connectivity index (χ4v) is 3.21. The van der Waals surface area contributed by atoms with Gasteiger partial charge in [-0.05, 0) is 47.0 Å². The zero-order valence-corrected chi connectivity index (χ0v) is 15.0. The minimum Gasteiger partial charge on any atom is -0.465 e. The predicted octanol–water partition coefficient (Wildman–Crippen LogP) is 1.80. The first-order valence-corrected chi connectivity index (χ1v) is 8.68. The van der Waals surface area contributed by atoms with Crippen LogP contribution in [0.25, 0.3) is 0 Å². The van der Waals surface area contributed by atoms with Crippen LogP contribution in [-0.2, 0) is 19.1 Å². The maximum absolute atomic E-state index is 12.4. The van der Waals surface area contributed by atoms with Crippen LogP contribution in [0.3, 0.4) is 0 Å². The number of likely N-dealkylation sites (tertiary alicyclic amines) is 2. The Bertz CT molecular complexity index is 492. The number of nitrogens with zero attached hydrogens (tertiary/aromatic N) is 2. The van der Waals surface area contributed by atoms with E-state index in [1.807, 2.05) is 20.8 Å². The topological polar surface area (TPSA) is 76.2 Å². The lowest BCUT2D eigenvalue weighted by Crippen LogP contribution is -2.49. The van der Waals surface area contributed by atoms with Gasteiger partial charge in [0.25, 0.3) is 0 Å². The summed E-state index contributed by atoms with van der Waals surface area (Å²) < 4.78 is 10.4. The van der Waals surface area contributed by atoms with Crippen molar-refractivity contribution >= 4 is 18.0 Å². The summed E-state index contributed by atoms with van der Waals surface area (Å²) >= 11 is 0. The molecule has 0 aromatic rings. The van der Waals surface area contributed by atoms with Gasteiger partial charge in [-0.3, -0.25) is 9.59 Å². The molecule has 1 unspecified atom stereocenters. The summed E-state index contributed by atoms with van der Waals surface area (Å²) in [5, 5.41) is 0. The molecular formula is C17H28N2O5. The van der Waals surface area contributed by atoms with E-state index in [0.717, 1.165) is 0 Å². The van der Waals surface area contributed by atoms with Crippen LogP contribution in [0.2, 0.25) is 0 Å². The number of carbonyl (C=O) groups excluding carboxylic acids is 3. The molecule has 136 valence electrons. The van der Waals surface area contributed by atoms with Crippen molar-refractivity contribution in [1.29, 1.82) is 0 Å². The minimum absolute atomic E-state index is 0.0793. The van der Waals surface area contributed by atoms with Crippen molar-refractivity contribution in [2.75, 3.05) is 26.2 Å². The van der Waals surface area contributed by atoms with E-state index in [2.05, 4.69) is 0 Å². The molecule has 0 aromatic carbocycles. The molecule has 2 fully saturated rings. The number of amides is 2. The van der Waals surface area contributed by atoms with Crippen molar-refractivity contribution in [3.63, 3.8) is 0 Å². The highest BCUT2D eigenvalue weighted by atomic mass is 16.6. The SMILES string of the molecule is CCOC(=O)C1CCN(C2CCN(C(=O)OC(C)(C)C)CC2)C1=O. The molecule has 2 saturated heterocycles. The highest BCUT2D eigenvalue weighted by Gasteiger charge is 2.42. The second-order valence-electron chi connectivity index (χ2n) is 7.32. The highest BCUT2D eigenvalue weighted by molar-refractivity contribution is 5.99. The summed E-state index contributed by atoms with van der Waals surface area (Å²) in [6, 6.07) is 0.0793. The van der Waals surface area contributed by atoms with Gasteiger partial charge in [0.1, 0.15) is 11.5 Å². The first kappa shape index (κ1) is 18.5. The molecule has 0 aliphatic carbocycles. The van der Waals surface area contributed by atoms with E-state index in [9.17, 15) is 14.4 Å². The van der Waals surface area contributed by atoms with Gasteiger partial charge in [0, 0.05) is 25.7 Å². The Labute approximate surface area is 143 Å². The number of carbonyl (C=O) groups is 3. The van der Waals surface area contributed by atoms with E-state index in [-0.39, 0.29) is 24.6 Å². The van der Waals surface area contributed by atoms with Crippen LogP contribution in [0.1, 0.15) is 47.0 Å². The number of ether oxygens (including phenoxy) is 2. The Morgan fingerprint density at radius 2 is 1.75 bits per heavy atom. The summed E-state index contributed by atoms with van der Waals surface area (Å²) in [6.07, 6.45) is 1.63. The smallest absolute Gasteiger partial charge is 0.410 e. The van der Waals surface area contributed by atoms with Crippen molar-refractivity contribution in [2.24, 2.45) is 5.92 Å². The van der Waals surface area contributed by atoms with E-state index >= 15 is 0 Å². The molecule has 0 radical (unpaired) electrons. The Hall–Kier alpha value is -1.79. The highest BCUT2D eigenvalue weighted by Crippen LogP contribution is 2.27. The van der Waals surface area contributed by atoms with Gasteiger partial charge in [-0.1, -0.05) is 0 Å².